The molecule has 0 aliphatic carbocycles. The first-order valence-electron chi connectivity index (χ1n) is 11.4. The van der Waals surface area contributed by atoms with Crippen molar-refractivity contribution in [3.63, 3.8) is 0 Å². The van der Waals surface area contributed by atoms with Crippen LogP contribution in [0.2, 0.25) is 0 Å². The number of amides is 1. The number of carbonyl (C=O) groups excluding carboxylic acids is 1. The molecule has 30 heavy (non-hydrogen) atoms. The summed E-state index contributed by atoms with van der Waals surface area (Å²) in [5, 5.41) is 3.33. The Bertz CT molecular complexity index is 908. The van der Waals surface area contributed by atoms with Crippen molar-refractivity contribution in [2.24, 2.45) is 0 Å². The predicted molar refractivity (Wildman–Crippen MR) is 120 cm³/mol. The molecule has 0 unspecified atom stereocenters. The van der Waals surface area contributed by atoms with Gasteiger partial charge in [-0.3, -0.25) is 14.6 Å². The van der Waals surface area contributed by atoms with Gasteiger partial charge >= 0.3 is 0 Å². The maximum Gasteiger partial charge on any atom is 0.245 e. The maximum atomic E-state index is 13.8. The quantitative estimate of drug-likeness (QED) is 0.568. The van der Waals surface area contributed by atoms with Crippen LogP contribution in [-0.2, 0) is 22.4 Å². The SMILES string of the molecule is CCOCNc1ccc2c(c1)N(C(=O)CN1[C@H]3CC[C@@H]1CC3)c1ccccc1CC2. The third-order valence-corrected chi connectivity index (χ3v) is 6.98. The van der Waals surface area contributed by atoms with E-state index in [0.29, 0.717) is 32.0 Å². The zero-order valence-electron chi connectivity index (χ0n) is 17.8. The van der Waals surface area contributed by atoms with Gasteiger partial charge in [-0.1, -0.05) is 24.3 Å². The molecule has 5 nitrogen and oxygen atoms in total. The first-order valence-corrected chi connectivity index (χ1v) is 11.4. The van der Waals surface area contributed by atoms with Crippen LogP contribution in [0.1, 0.15) is 43.7 Å². The second-order valence-electron chi connectivity index (χ2n) is 8.65. The molecular weight excluding hydrogens is 374 g/mol. The zero-order chi connectivity index (χ0) is 20.5. The second-order valence-corrected chi connectivity index (χ2v) is 8.65. The molecule has 1 amide bonds. The lowest BCUT2D eigenvalue weighted by Crippen LogP contribution is -2.40. The summed E-state index contributed by atoms with van der Waals surface area (Å²) in [6, 6.07) is 15.9. The molecular formula is C25H31N3O2. The number of anilines is 3. The number of para-hydroxylation sites is 1. The van der Waals surface area contributed by atoms with Gasteiger partial charge in [0.25, 0.3) is 0 Å². The van der Waals surface area contributed by atoms with Crippen LogP contribution < -0.4 is 10.2 Å². The summed E-state index contributed by atoms with van der Waals surface area (Å²) < 4.78 is 5.46. The van der Waals surface area contributed by atoms with Crippen molar-refractivity contribution in [2.75, 3.05) is 30.1 Å². The Morgan fingerprint density at radius 3 is 2.43 bits per heavy atom. The van der Waals surface area contributed by atoms with E-state index in [1.807, 2.05) is 17.9 Å². The highest BCUT2D eigenvalue weighted by atomic mass is 16.5. The third kappa shape index (κ3) is 3.61. The lowest BCUT2D eigenvalue weighted by atomic mass is 10.0. The molecule has 5 heteroatoms. The standard InChI is InChI=1S/C25H31N3O2/c1-2-30-17-26-20-10-9-19-8-7-18-5-3-4-6-23(18)28(24(19)15-20)25(29)16-27-21-11-12-22(27)14-13-21/h3-6,9-10,15,21-22,26H,2,7-8,11-14,16-17H2,1H3/t21-,22+. The molecule has 1 N–H and O–H groups in total. The third-order valence-electron chi connectivity index (χ3n) is 6.98. The normalized spacial score (nSPS) is 22.5. The number of aryl methyl sites for hydroxylation is 2. The molecule has 0 spiro atoms. The highest BCUT2D eigenvalue weighted by molar-refractivity contribution is 6.03. The van der Waals surface area contributed by atoms with Crippen molar-refractivity contribution in [3.8, 4) is 0 Å². The molecule has 0 atom stereocenters. The number of hydrogen-bond donors (Lipinski definition) is 1. The summed E-state index contributed by atoms with van der Waals surface area (Å²) >= 11 is 0. The van der Waals surface area contributed by atoms with Crippen LogP contribution in [-0.4, -0.2) is 42.8 Å². The lowest BCUT2D eigenvalue weighted by Gasteiger charge is -2.29. The van der Waals surface area contributed by atoms with E-state index in [2.05, 4.69) is 46.6 Å². The molecule has 3 aliphatic heterocycles. The predicted octanol–water partition coefficient (Wildman–Crippen LogP) is 4.48. The van der Waals surface area contributed by atoms with Crippen LogP contribution in [0.3, 0.4) is 0 Å². The number of hydrogen-bond acceptors (Lipinski definition) is 4. The van der Waals surface area contributed by atoms with Gasteiger partial charge in [0, 0.05) is 24.4 Å². The van der Waals surface area contributed by atoms with Gasteiger partial charge in [-0.15, -0.1) is 0 Å². The number of ether oxygens (including phenoxy) is 1. The fraction of sp³-hybridized carbons (Fsp3) is 0.480. The highest BCUT2D eigenvalue weighted by Gasteiger charge is 2.41. The smallest absolute Gasteiger partial charge is 0.245 e. The van der Waals surface area contributed by atoms with Crippen LogP contribution in [0.15, 0.2) is 42.5 Å². The molecule has 2 aromatic rings. The summed E-state index contributed by atoms with van der Waals surface area (Å²) in [7, 11) is 0. The van der Waals surface area contributed by atoms with Gasteiger partial charge in [0.1, 0.15) is 6.73 Å². The summed E-state index contributed by atoms with van der Waals surface area (Å²) in [5.74, 6) is 0.186. The fourth-order valence-electron chi connectivity index (χ4n) is 5.44. The fourth-order valence-corrected chi connectivity index (χ4v) is 5.44. The largest absolute Gasteiger partial charge is 0.363 e. The number of rotatable bonds is 6. The number of fused-ring (bicyclic) bond motifs is 4. The van der Waals surface area contributed by atoms with Gasteiger partial charge in [-0.05, 0) is 74.8 Å². The maximum absolute atomic E-state index is 13.8. The Balaban J connectivity index is 1.49. The van der Waals surface area contributed by atoms with Gasteiger partial charge in [-0.25, -0.2) is 0 Å². The number of nitrogens with zero attached hydrogens (tertiary/aromatic N) is 2. The highest BCUT2D eigenvalue weighted by Crippen LogP contribution is 2.40. The first kappa shape index (κ1) is 19.6. The molecule has 2 aromatic carbocycles. The minimum absolute atomic E-state index is 0.186. The molecule has 0 saturated carbocycles. The van der Waals surface area contributed by atoms with E-state index in [4.69, 9.17) is 4.74 Å². The Kier molecular flexibility index (Phi) is 5.48. The molecule has 5 rings (SSSR count). The van der Waals surface area contributed by atoms with Crippen molar-refractivity contribution in [1.29, 1.82) is 0 Å². The number of benzene rings is 2. The van der Waals surface area contributed by atoms with Crippen molar-refractivity contribution in [3.05, 3.63) is 53.6 Å². The number of nitrogens with one attached hydrogen (secondary N) is 1. The van der Waals surface area contributed by atoms with Crippen molar-refractivity contribution < 1.29 is 9.53 Å². The Morgan fingerprint density at radius 2 is 1.70 bits per heavy atom. The average molecular weight is 406 g/mol. The molecule has 2 bridgehead atoms. The van der Waals surface area contributed by atoms with E-state index in [9.17, 15) is 4.79 Å². The monoisotopic (exact) mass is 405 g/mol. The Morgan fingerprint density at radius 1 is 1.00 bits per heavy atom. The van der Waals surface area contributed by atoms with E-state index in [1.165, 1.54) is 36.8 Å². The van der Waals surface area contributed by atoms with Crippen LogP contribution in [0.4, 0.5) is 17.1 Å². The minimum Gasteiger partial charge on any atom is -0.363 e. The molecule has 2 saturated heterocycles. The van der Waals surface area contributed by atoms with Gasteiger partial charge in [0.2, 0.25) is 5.91 Å². The van der Waals surface area contributed by atoms with Crippen LogP contribution >= 0.6 is 0 Å². The van der Waals surface area contributed by atoms with E-state index in [-0.39, 0.29) is 5.91 Å². The minimum atomic E-state index is 0.186. The van der Waals surface area contributed by atoms with Gasteiger partial charge < -0.3 is 10.1 Å². The van der Waals surface area contributed by atoms with Gasteiger partial charge in [0.05, 0.1) is 17.9 Å². The van der Waals surface area contributed by atoms with Crippen molar-refractivity contribution >= 4 is 23.0 Å². The molecule has 158 valence electrons. The van der Waals surface area contributed by atoms with E-state index >= 15 is 0 Å². The van der Waals surface area contributed by atoms with Crippen molar-refractivity contribution in [2.45, 2.75) is 57.5 Å². The molecule has 0 radical (unpaired) electrons. The molecule has 0 aromatic heterocycles. The summed E-state index contributed by atoms with van der Waals surface area (Å²) in [5.41, 5.74) is 5.51. The van der Waals surface area contributed by atoms with E-state index in [0.717, 1.165) is 29.9 Å². The molecule has 3 aliphatic rings. The lowest BCUT2D eigenvalue weighted by molar-refractivity contribution is -0.119. The zero-order valence-corrected chi connectivity index (χ0v) is 17.8. The Labute approximate surface area is 179 Å². The van der Waals surface area contributed by atoms with Crippen LogP contribution in [0, 0.1) is 0 Å². The number of carbonyl (C=O) groups is 1. The Hall–Kier alpha value is -2.37. The second kappa shape index (κ2) is 8.40. The van der Waals surface area contributed by atoms with Crippen LogP contribution in [0.5, 0.6) is 0 Å². The van der Waals surface area contributed by atoms with Gasteiger partial charge in [-0.2, -0.15) is 0 Å². The van der Waals surface area contributed by atoms with Crippen molar-refractivity contribution in [1.82, 2.24) is 4.90 Å². The average Bonchev–Trinajstić information content (AvgIpc) is 3.27. The molecule has 2 fully saturated rings. The topological polar surface area (TPSA) is 44.8 Å². The van der Waals surface area contributed by atoms with E-state index in [1.54, 1.807) is 0 Å². The van der Waals surface area contributed by atoms with E-state index < -0.39 is 0 Å². The summed E-state index contributed by atoms with van der Waals surface area (Å²) in [4.78, 5) is 18.2. The first-order chi connectivity index (χ1) is 14.7. The summed E-state index contributed by atoms with van der Waals surface area (Å²) in [6.45, 7) is 3.65. The van der Waals surface area contributed by atoms with Crippen LogP contribution in [0.25, 0.3) is 0 Å². The van der Waals surface area contributed by atoms with Gasteiger partial charge in [0.15, 0.2) is 0 Å². The summed E-state index contributed by atoms with van der Waals surface area (Å²) in [6.07, 6.45) is 6.88. The molecule has 3 heterocycles.